The summed E-state index contributed by atoms with van der Waals surface area (Å²) in [6.07, 6.45) is 3.61. The Bertz CT molecular complexity index is 598. The fourth-order valence-corrected chi connectivity index (χ4v) is 3.20. The Kier molecular flexibility index (Phi) is 6.57. The van der Waals surface area contributed by atoms with Gasteiger partial charge in [0.1, 0.15) is 6.10 Å². The number of carbonyl (C=O) groups excluding carboxylic acids is 2. The van der Waals surface area contributed by atoms with Gasteiger partial charge in [-0.15, -0.1) is 0 Å². The molecule has 0 aromatic heterocycles. The highest BCUT2D eigenvalue weighted by Crippen LogP contribution is 2.38. The second-order valence-electron chi connectivity index (χ2n) is 7.73. The highest BCUT2D eigenvalue weighted by atomic mass is 19.1. The van der Waals surface area contributed by atoms with Crippen LogP contribution in [0.2, 0.25) is 0 Å². The Labute approximate surface area is 148 Å². The molecular formula is C20H27FO4. The molecule has 0 N–H and O–H groups in total. The molecule has 4 nitrogen and oxygen atoms in total. The van der Waals surface area contributed by atoms with Crippen LogP contribution >= 0.6 is 0 Å². The van der Waals surface area contributed by atoms with Gasteiger partial charge in [0.05, 0.1) is 12.8 Å². The number of carbonyl (C=O) groups is 2. The predicted octanol–water partition coefficient (Wildman–Crippen LogP) is 4.66. The van der Waals surface area contributed by atoms with Gasteiger partial charge >= 0.3 is 11.9 Å². The molecule has 0 unspecified atom stereocenters. The molecule has 2 rings (SSSR count). The van der Waals surface area contributed by atoms with E-state index in [1.54, 1.807) is 6.07 Å². The van der Waals surface area contributed by atoms with Gasteiger partial charge in [0.2, 0.25) is 0 Å². The van der Waals surface area contributed by atoms with Crippen LogP contribution in [0.15, 0.2) is 24.3 Å². The summed E-state index contributed by atoms with van der Waals surface area (Å²) in [4.78, 5) is 23.6. The molecule has 5 heteroatoms. The van der Waals surface area contributed by atoms with Crippen LogP contribution < -0.4 is 4.74 Å². The first-order valence-corrected chi connectivity index (χ1v) is 8.90. The molecule has 0 amide bonds. The smallest absolute Gasteiger partial charge is 0.311 e. The molecule has 0 saturated heterocycles. The minimum Gasteiger partial charge on any atom is -0.462 e. The molecule has 138 valence electrons. The lowest BCUT2D eigenvalue weighted by atomic mass is 9.72. The molecular weight excluding hydrogens is 323 g/mol. The zero-order valence-electron chi connectivity index (χ0n) is 15.2. The molecule has 1 saturated carbocycles. The molecule has 25 heavy (non-hydrogen) atoms. The Hall–Kier alpha value is -1.91. The van der Waals surface area contributed by atoms with Gasteiger partial charge in [-0.2, -0.15) is 0 Å². The molecule has 1 fully saturated rings. The van der Waals surface area contributed by atoms with Crippen LogP contribution in [0, 0.1) is 17.2 Å². The van der Waals surface area contributed by atoms with E-state index in [4.69, 9.17) is 9.47 Å². The van der Waals surface area contributed by atoms with Crippen molar-refractivity contribution in [3.63, 3.8) is 0 Å². The fourth-order valence-electron chi connectivity index (χ4n) is 3.20. The standard InChI is InChI=1S/C20H27FO4/c1-20(2,3)14-8-10-15(11-9-14)24-18(22)12-13-19(23)25-17-7-5-4-6-16(17)21/h4-7,14-15H,8-13H2,1-3H3. The first-order valence-electron chi connectivity index (χ1n) is 8.90. The van der Waals surface area contributed by atoms with Gasteiger partial charge in [-0.05, 0) is 49.1 Å². The fraction of sp³-hybridized carbons (Fsp3) is 0.600. The summed E-state index contributed by atoms with van der Waals surface area (Å²) in [6, 6.07) is 5.68. The van der Waals surface area contributed by atoms with E-state index < -0.39 is 17.8 Å². The Morgan fingerprint density at radius 3 is 2.24 bits per heavy atom. The van der Waals surface area contributed by atoms with Crippen molar-refractivity contribution in [3.05, 3.63) is 30.1 Å². The quantitative estimate of drug-likeness (QED) is 0.572. The van der Waals surface area contributed by atoms with Crippen LogP contribution in [0.3, 0.4) is 0 Å². The Morgan fingerprint density at radius 1 is 1.04 bits per heavy atom. The van der Waals surface area contributed by atoms with Crippen molar-refractivity contribution < 1.29 is 23.5 Å². The van der Waals surface area contributed by atoms with E-state index in [0.29, 0.717) is 5.92 Å². The molecule has 1 aliphatic carbocycles. The second-order valence-corrected chi connectivity index (χ2v) is 7.73. The summed E-state index contributed by atoms with van der Waals surface area (Å²) in [6.45, 7) is 6.72. The summed E-state index contributed by atoms with van der Waals surface area (Å²) in [5.41, 5.74) is 0.283. The van der Waals surface area contributed by atoms with E-state index in [0.717, 1.165) is 25.7 Å². The molecule has 0 radical (unpaired) electrons. The van der Waals surface area contributed by atoms with Crippen LogP contribution in [0.4, 0.5) is 4.39 Å². The third-order valence-electron chi connectivity index (χ3n) is 4.79. The van der Waals surface area contributed by atoms with Gasteiger partial charge in [-0.1, -0.05) is 32.9 Å². The van der Waals surface area contributed by atoms with Crippen molar-refractivity contribution in [2.24, 2.45) is 11.3 Å². The maximum atomic E-state index is 13.4. The average molecular weight is 350 g/mol. The first kappa shape index (κ1) is 19.4. The molecule has 1 aliphatic rings. The molecule has 0 atom stereocenters. The highest BCUT2D eigenvalue weighted by molar-refractivity contribution is 5.79. The summed E-state index contributed by atoms with van der Waals surface area (Å²) in [5.74, 6) is -1.11. The van der Waals surface area contributed by atoms with E-state index in [1.807, 2.05) is 0 Å². The van der Waals surface area contributed by atoms with Gasteiger partial charge in [-0.3, -0.25) is 9.59 Å². The van der Waals surface area contributed by atoms with Gasteiger partial charge in [0.25, 0.3) is 0 Å². The van der Waals surface area contributed by atoms with Crippen LogP contribution in [-0.4, -0.2) is 18.0 Å². The van der Waals surface area contributed by atoms with Crippen molar-refractivity contribution in [1.29, 1.82) is 0 Å². The van der Waals surface area contributed by atoms with Crippen LogP contribution in [0.5, 0.6) is 5.75 Å². The topological polar surface area (TPSA) is 52.6 Å². The predicted molar refractivity (Wildman–Crippen MR) is 92.6 cm³/mol. The summed E-state index contributed by atoms with van der Waals surface area (Å²) in [5, 5.41) is 0. The largest absolute Gasteiger partial charge is 0.462 e. The van der Waals surface area contributed by atoms with E-state index in [2.05, 4.69) is 20.8 Å². The maximum Gasteiger partial charge on any atom is 0.311 e. The van der Waals surface area contributed by atoms with Crippen LogP contribution in [0.25, 0.3) is 0 Å². The van der Waals surface area contributed by atoms with Gasteiger partial charge in [0.15, 0.2) is 11.6 Å². The van der Waals surface area contributed by atoms with Crippen molar-refractivity contribution in [2.45, 2.75) is 65.4 Å². The first-order chi connectivity index (χ1) is 11.8. The highest BCUT2D eigenvalue weighted by Gasteiger charge is 2.31. The van der Waals surface area contributed by atoms with E-state index in [1.165, 1.54) is 18.2 Å². The zero-order valence-corrected chi connectivity index (χ0v) is 15.2. The second kappa shape index (κ2) is 8.45. The molecule has 0 spiro atoms. The summed E-state index contributed by atoms with van der Waals surface area (Å²) in [7, 11) is 0. The van der Waals surface area contributed by atoms with E-state index in [-0.39, 0.29) is 30.1 Å². The molecule has 0 bridgehead atoms. The van der Waals surface area contributed by atoms with Gasteiger partial charge < -0.3 is 9.47 Å². The van der Waals surface area contributed by atoms with Crippen molar-refractivity contribution in [3.8, 4) is 5.75 Å². The third kappa shape index (κ3) is 6.15. The maximum absolute atomic E-state index is 13.4. The van der Waals surface area contributed by atoms with Crippen molar-refractivity contribution in [1.82, 2.24) is 0 Å². The lowest BCUT2D eigenvalue weighted by molar-refractivity contribution is -0.153. The summed E-state index contributed by atoms with van der Waals surface area (Å²) >= 11 is 0. The Balaban J connectivity index is 1.69. The minimum atomic E-state index is -0.640. The number of benzene rings is 1. The normalized spacial score (nSPS) is 20.8. The van der Waals surface area contributed by atoms with Gasteiger partial charge in [0, 0.05) is 0 Å². The van der Waals surface area contributed by atoms with Gasteiger partial charge in [-0.25, -0.2) is 4.39 Å². The monoisotopic (exact) mass is 350 g/mol. The number of hydrogen-bond acceptors (Lipinski definition) is 4. The number of rotatable bonds is 5. The number of hydrogen-bond donors (Lipinski definition) is 0. The summed E-state index contributed by atoms with van der Waals surface area (Å²) < 4.78 is 23.8. The lowest BCUT2D eigenvalue weighted by Gasteiger charge is -2.36. The zero-order chi connectivity index (χ0) is 18.4. The lowest BCUT2D eigenvalue weighted by Crippen LogP contribution is -2.30. The molecule has 1 aromatic carbocycles. The number of halogens is 1. The van der Waals surface area contributed by atoms with Crippen molar-refractivity contribution in [2.75, 3.05) is 0 Å². The molecule has 0 heterocycles. The minimum absolute atomic E-state index is 0.0491. The molecule has 0 aliphatic heterocycles. The van der Waals surface area contributed by atoms with Crippen molar-refractivity contribution >= 4 is 11.9 Å². The SMILES string of the molecule is CC(C)(C)C1CCC(OC(=O)CCC(=O)Oc2ccccc2F)CC1. The van der Waals surface area contributed by atoms with E-state index >= 15 is 0 Å². The number of para-hydroxylation sites is 1. The molecule has 1 aromatic rings. The third-order valence-corrected chi connectivity index (χ3v) is 4.79. The van der Waals surface area contributed by atoms with Crippen LogP contribution in [-0.2, 0) is 14.3 Å². The average Bonchev–Trinajstić information content (AvgIpc) is 2.55. The van der Waals surface area contributed by atoms with Crippen LogP contribution in [0.1, 0.15) is 59.3 Å². The Morgan fingerprint density at radius 2 is 1.64 bits per heavy atom. The number of ether oxygens (including phenoxy) is 2. The van der Waals surface area contributed by atoms with E-state index in [9.17, 15) is 14.0 Å². The number of esters is 2.